The molecule has 0 aliphatic rings. The van der Waals surface area contributed by atoms with Crippen molar-refractivity contribution in [3.63, 3.8) is 0 Å². The summed E-state index contributed by atoms with van der Waals surface area (Å²) in [7, 11) is 0. The average molecular weight is 540 g/mol. The first-order chi connectivity index (χ1) is 14.3. The van der Waals surface area contributed by atoms with E-state index in [4.69, 9.17) is 16.3 Å². The number of nitrogens with zero attached hydrogens (tertiary/aromatic N) is 3. The van der Waals surface area contributed by atoms with Crippen molar-refractivity contribution in [1.29, 1.82) is 0 Å². The molecule has 3 rings (SSSR count). The number of urea groups is 1. The van der Waals surface area contributed by atoms with Gasteiger partial charge in [0.1, 0.15) is 15.0 Å². The number of carbonyl (C=O) groups is 2. The van der Waals surface area contributed by atoms with E-state index >= 15 is 0 Å². The van der Waals surface area contributed by atoms with Crippen LogP contribution in [0.15, 0.2) is 54.6 Å². The number of benzene rings is 2. The van der Waals surface area contributed by atoms with E-state index in [2.05, 4.69) is 15.5 Å². The van der Waals surface area contributed by atoms with Gasteiger partial charge in [0.05, 0.1) is 9.95 Å². The molecule has 1 heterocycles. The molecular weight excluding hydrogens is 529 g/mol. The Balaban J connectivity index is 1.65. The zero-order valence-corrected chi connectivity index (χ0v) is 17.7. The predicted molar refractivity (Wildman–Crippen MR) is 116 cm³/mol. The summed E-state index contributed by atoms with van der Waals surface area (Å²) in [5, 5.41) is 23.4. The van der Waals surface area contributed by atoms with Gasteiger partial charge in [-0.1, -0.05) is 23.7 Å². The Kier molecular flexibility index (Phi) is 6.74. The van der Waals surface area contributed by atoms with Crippen LogP contribution >= 0.6 is 34.2 Å². The van der Waals surface area contributed by atoms with Crippen molar-refractivity contribution in [1.82, 2.24) is 15.5 Å². The zero-order valence-electron chi connectivity index (χ0n) is 14.8. The maximum Gasteiger partial charge on any atom is 0.326 e. The van der Waals surface area contributed by atoms with E-state index in [-0.39, 0.29) is 27.9 Å². The monoisotopic (exact) mass is 539 g/mol. The first-order valence-corrected chi connectivity index (χ1v) is 9.61. The van der Waals surface area contributed by atoms with Crippen molar-refractivity contribution in [3.8, 4) is 11.6 Å². The first-order valence-electron chi connectivity index (χ1n) is 8.16. The number of halogens is 2. The summed E-state index contributed by atoms with van der Waals surface area (Å²) < 4.78 is 6.23. The van der Waals surface area contributed by atoms with Gasteiger partial charge in [0.15, 0.2) is 0 Å². The van der Waals surface area contributed by atoms with E-state index in [1.807, 2.05) is 27.9 Å². The number of imide groups is 1. The lowest BCUT2D eigenvalue weighted by molar-refractivity contribution is -0.385. The maximum absolute atomic E-state index is 12.2. The number of hydrogen-bond donors (Lipinski definition) is 2. The predicted octanol–water partition coefficient (Wildman–Crippen LogP) is 4.40. The van der Waals surface area contributed by atoms with Gasteiger partial charge >= 0.3 is 6.03 Å². The molecule has 2 N–H and O–H groups in total. The minimum absolute atomic E-state index is 0.179. The number of hydrogen-bond acceptors (Lipinski definition) is 7. The lowest BCUT2D eigenvalue weighted by Crippen LogP contribution is -2.34. The van der Waals surface area contributed by atoms with Crippen LogP contribution in [0.5, 0.6) is 11.6 Å². The molecule has 0 aliphatic heterocycles. The van der Waals surface area contributed by atoms with Gasteiger partial charge in [-0.25, -0.2) is 4.79 Å². The number of nitrogens with one attached hydrogen (secondary N) is 2. The summed E-state index contributed by atoms with van der Waals surface area (Å²) >= 11 is 8.17. The molecule has 0 spiro atoms. The molecule has 0 radical (unpaired) electrons. The summed E-state index contributed by atoms with van der Waals surface area (Å²) in [6, 6.07) is 12.2. The molecule has 12 heteroatoms. The van der Waals surface area contributed by atoms with E-state index in [1.165, 1.54) is 42.5 Å². The number of anilines is 1. The van der Waals surface area contributed by atoms with Gasteiger partial charge in [-0.2, -0.15) is 0 Å². The highest BCUT2D eigenvalue weighted by Crippen LogP contribution is 2.30. The Hall–Kier alpha value is -3.32. The Morgan fingerprint density at radius 3 is 2.53 bits per heavy atom. The van der Waals surface area contributed by atoms with E-state index in [1.54, 1.807) is 12.1 Å². The lowest BCUT2D eigenvalue weighted by atomic mass is 10.1. The van der Waals surface area contributed by atoms with Gasteiger partial charge in [-0.05, 0) is 52.9 Å². The lowest BCUT2D eigenvalue weighted by Gasteiger charge is -2.10. The summed E-state index contributed by atoms with van der Waals surface area (Å²) in [5.41, 5.74) is -0.377. The molecule has 3 aromatic rings. The Bertz CT molecular complexity index is 1130. The molecule has 0 fully saturated rings. The summed E-state index contributed by atoms with van der Waals surface area (Å²) in [5.74, 6) is -0.386. The Labute approximate surface area is 187 Å². The highest BCUT2D eigenvalue weighted by molar-refractivity contribution is 14.1. The van der Waals surface area contributed by atoms with Crippen molar-refractivity contribution in [3.05, 3.63) is 79.0 Å². The van der Waals surface area contributed by atoms with E-state index in [0.29, 0.717) is 3.70 Å². The number of amides is 3. The highest BCUT2D eigenvalue weighted by Gasteiger charge is 2.21. The van der Waals surface area contributed by atoms with E-state index in [9.17, 15) is 19.7 Å². The molecule has 10 nitrogen and oxygen atoms in total. The van der Waals surface area contributed by atoms with Crippen LogP contribution in [-0.4, -0.2) is 27.1 Å². The van der Waals surface area contributed by atoms with Gasteiger partial charge in [-0.15, -0.1) is 10.2 Å². The van der Waals surface area contributed by atoms with Gasteiger partial charge in [-0.3, -0.25) is 20.2 Å². The average Bonchev–Trinajstić information content (AvgIpc) is 2.71. The fraction of sp³-hybridized carbons (Fsp3) is 0. The second-order valence-corrected chi connectivity index (χ2v) is 7.14. The molecule has 0 saturated carbocycles. The molecule has 30 heavy (non-hydrogen) atoms. The fourth-order valence-corrected chi connectivity index (χ4v) is 2.80. The second-order valence-electron chi connectivity index (χ2n) is 5.62. The molecule has 152 valence electrons. The van der Waals surface area contributed by atoms with Crippen molar-refractivity contribution >= 4 is 57.5 Å². The van der Waals surface area contributed by atoms with Crippen LogP contribution in [0.25, 0.3) is 0 Å². The zero-order chi connectivity index (χ0) is 21.7. The van der Waals surface area contributed by atoms with Crippen molar-refractivity contribution in [2.75, 3.05) is 5.32 Å². The minimum Gasteiger partial charge on any atom is -0.436 e. The SMILES string of the molecule is O=C(NC(=O)c1ccccc1[N+](=O)[O-])Nc1ccc(Oc2ccc(I)nn2)c(Cl)c1. The molecule has 3 amide bonds. The molecule has 0 saturated heterocycles. The van der Waals surface area contributed by atoms with Crippen LogP contribution in [0.3, 0.4) is 0 Å². The Morgan fingerprint density at radius 1 is 1.10 bits per heavy atom. The number of nitro groups is 1. The number of carbonyl (C=O) groups excluding carboxylic acids is 2. The third-order valence-electron chi connectivity index (χ3n) is 3.58. The third kappa shape index (κ3) is 5.39. The standard InChI is InChI=1S/C18H11ClIN5O5/c19-12-9-10(5-6-14(12)30-16-8-7-15(20)23-24-16)21-18(27)22-17(26)11-3-1-2-4-13(11)25(28)29/h1-9H,(H2,21,22,26,27). The van der Waals surface area contributed by atoms with Crippen molar-refractivity contribution in [2.24, 2.45) is 0 Å². The molecule has 1 aromatic heterocycles. The molecular formula is C18H11ClIN5O5. The van der Waals surface area contributed by atoms with Crippen molar-refractivity contribution < 1.29 is 19.2 Å². The topological polar surface area (TPSA) is 136 Å². The summed E-state index contributed by atoms with van der Waals surface area (Å²) in [6.07, 6.45) is 0. The number of nitro benzene ring substituents is 1. The van der Waals surface area contributed by atoms with Gasteiger partial charge in [0, 0.05) is 17.8 Å². The summed E-state index contributed by atoms with van der Waals surface area (Å²) in [6.45, 7) is 0. The maximum atomic E-state index is 12.2. The van der Waals surface area contributed by atoms with Gasteiger partial charge < -0.3 is 10.1 Å². The van der Waals surface area contributed by atoms with Crippen molar-refractivity contribution in [2.45, 2.75) is 0 Å². The number of aromatic nitrogens is 2. The summed E-state index contributed by atoms with van der Waals surface area (Å²) in [4.78, 5) is 34.6. The van der Waals surface area contributed by atoms with Crippen LogP contribution < -0.4 is 15.4 Å². The first kappa shape index (κ1) is 21.4. The van der Waals surface area contributed by atoms with E-state index in [0.717, 1.165) is 0 Å². The molecule has 0 bridgehead atoms. The number of rotatable bonds is 5. The normalized spacial score (nSPS) is 10.2. The number of ether oxygens (including phenoxy) is 1. The van der Waals surface area contributed by atoms with Crippen LogP contribution in [0, 0.1) is 13.8 Å². The van der Waals surface area contributed by atoms with E-state index < -0.39 is 22.5 Å². The second kappa shape index (κ2) is 9.45. The highest BCUT2D eigenvalue weighted by atomic mass is 127. The van der Waals surface area contributed by atoms with Crippen LogP contribution in [0.4, 0.5) is 16.2 Å². The fourth-order valence-electron chi connectivity index (χ4n) is 2.29. The Morgan fingerprint density at radius 2 is 1.87 bits per heavy atom. The van der Waals surface area contributed by atoms with Gasteiger partial charge in [0.25, 0.3) is 11.6 Å². The quantitative estimate of drug-likeness (QED) is 0.279. The van der Waals surface area contributed by atoms with Crippen LogP contribution in [0.1, 0.15) is 10.4 Å². The molecule has 0 atom stereocenters. The smallest absolute Gasteiger partial charge is 0.326 e. The number of para-hydroxylation sites is 1. The minimum atomic E-state index is -0.914. The van der Waals surface area contributed by atoms with Gasteiger partial charge in [0.2, 0.25) is 5.88 Å². The van der Waals surface area contributed by atoms with Crippen LogP contribution in [-0.2, 0) is 0 Å². The van der Waals surface area contributed by atoms with Crippen LogP contribution in [0.2, 0.25) is 5.02 Å². The molecule has 0 unspecified atom stereocenters. The molecule has 2 aromatic carbocycles. The molecule has 0 aliphatic carbocycles. The third-order valence-corrected chi connectivity index (χ3v) is 4.45. The largest absolute Gasteiger partial charge is 0.436 e.